The van der Waals surface area contributed by atoms with E-state index in [2.05, 4.69) is 5.32 Å². The molecule has 1 heterocycles. The zero-order valence-corrected chi connectivity index (χ0v) is 10.4. The summed E-state index contributed by atoms with van der Waals surface area (Å²) in [6.07, 6.45) is 1.61. The van der Waals surface area contributed by atoms with Crippen molar-refractivity contribution in [2.75, 3.05) is 0 Å². The van der Waals surface area contributed by atoms with Gasteiger partial charge in [-0.2, -0.15) is 0 Å². The molecule has 96 valence electrons. The largest absolute Gasteiger partial charge is 0.478 e. The number of aromatic carboxylic acids is 1. The lowest BCUT2D eigenvalue weighted by molar-refractivity contribution is 0.0695. The van der Waals surface area contributed by atoms with E-state index in [1.807, 2.05) is 18.2 Å². The number of carbonyl (C=O) groups is 1. The number of benzene rings is 1. The van der Waals surface area contributed by atoms with Crippen LogP contribution in [0.2, 0.25) is 0 Å². The number of halogens is 1. The first-order chi connectivity index (χ1) is 8.27. The molecule has 0 bridgehead atoms. The maximum Gasteiger partial charge on any atom is 0.336 e. The molecular formula is C13H14ClNO3. The minimum Gasteiger partial charge on any atom is -0.478 e. The fraction of sp³-hybridized carbons (Fsp3) is 0.154. The SMILES string of the molecule is Cl.O=C(O)c1ccccc1CNCc1ccco1. The van der Waals surface area contributed by atoms with Gasteiger partial charge in [0.1, 0.15) is 5.76 Å². The molecule has 0 aliphatic carbocycles. The van der Waals surface area contributed by atoms with Gasteiger partial charge in [-0.15, -0.1) is 12.4 Å². The zero-order chi connectivity index (χ0) is 12.1. The highest BCUT2D eigenvalue weighted by atomic mass is 35.5. The number of hydrogen-bond acceptors (Lipinski definition) is 3. The number of rotatable bonds is 5. The Kier molecular flexibility index (Phi) is 5.42. The van der Waals surface area contributed by atoms with Crippen LogP contribution < -0.4 is 5.32 Å². The van der Waals surface area contributed by atoms with E-state index in [0.29, 0.717) is 18.7 Å². The van der Waals surface area contributed by atoms with Crippen LogP contribution in [-0.2, 0) is 13.1 Å². The number of furan rings is 1. The molecule has 0 radical (unpaired) electrons. The average Bonchev–Trinajstić information content (AvgIpc) is 2.82. The highest BCUT2D eigenvalue weighted by Gasteiger charge is 2.08. The van der Waals surface area contributed by atoms with Gasteiger partial charge in [-0.25, -0.2) is 4.79 Å². The van der Waals surface area contributed by atoms with Gasteiger partial charge >= 0.3 is 5.97 Å². The van der Waals surface area contributed by atoms with Crippen LogP contribution in [0.4, 0.5) is 0 Å². The molecule has 0 unspecified atom stereocenters. The Hall–Kier alpha value is -1.78. The molecular weight excluding hydrogens is 254 g/mol. The highest BCUT2D eigenvalue weighted by Crippen LogP contribution is 2.09. The van der Waals surface area contributed by atoms with Crippen molar-refractivity contribution in [1.82, 2.24) is 5.32 Å². The summed E-state index contributed by atoms with van der Waals surface area (Å²) in [5.41, 5.74) is 1.10. The van der Waals surface area contributed by atoms with Gasteiger partial charge < -0.3 is 14.8 Å². The van der Waals surface area contributed by atoms with Crippen LogP contribution in [0.15, 0.2) is 47.1 Å². The summed E-state index contributed by atoms with van der Waals surface area (Å²) >= 11 is 0. The summed E-state index contributed by atoms with van der Waals surface area (Å²) in [7, 11) is 0. The maximum absolute atomic E-state index is 11.0. The molecule has 0 amide bonds. The van der Waals surface area contributed by atoms with Gasteiger partial charge in [0, 0.05) is 6.54 Å². The lowest BCUT2D eigenvalue weighted by atomic mass is 10.1. The molecule has 1 aromatic heterocycles. The van der Waals surface area contributed by atoms with Crippen LogP contribution in [0.25, 0.3) is 0 Å². The predicted molar refractivity (Wildman–Crippen MR) is 69.9 cm³/mol. The Morgan fingerprint density at radius 2 is 1.94 bits per heavy atom. The Balaban J connectivity index is 0.00000162. The van der Waals surface area contributed by atoms with Crippen molar-refractivity contribution in [1.29, 1.82) is 0 Å². The monoisotopic (exact) mass is 267 g/mol. The molecule has 5 heteroatoms. The zero-order valence-electron chi connectivity index (χ0n) is 9.63. The van der Waals surface area contributed by atoms with Gasteiger partial charge in [-0.1, -0.05) is 18.2 Å². The third-order valence-corrected chi connectivity index (χ3v) is 2.44. The van der Waals surface area contributed by atoms with Gasteiger partial charge in [0.25, 0.3) is 0 Å². The molecule has 2 N–H and O–H groups in total. The normalized spacial score (nSPS) is 9.78. The van der Waals surface area contributed by atoms with E-state index < -0.39 is 5.97 Å². The van der Waals surface area contributed by atoms with Crippen molar-refractivity contribution in [3.05, 3.63) is 59.5 Å². The van der Waals surface area contributed by atoms with Gasteiger partial charge in [0.2, 0.25) is 0 Å². The fourth-order valence-electron chi connectivity index (χ4n) is 1.62. The molecule has 1 aromatic carbocycles. The summed E-state index contributed by atoms with van der Waals surface area (Å²) in [5.74, 6) is -0.0711. The van der Waals surface area contributed by atoms with Crippen molar-refractivity contribution in [2.24, 2.45) is 0 Å². The summed E-state index contributed by atoms with van der Waals surface area (Å²) < 4.78 is 5.17. The maximum atomic E-state index is 11.0. The lowest BCUT2D eigenvalue weighted by Crippen LogP contribution is -2.15. The van der Waals surface area contributed by atoms with E-state index in [0.717, 1.165) is 11.3 Å². The number of nitrogens with one attached hydrogen (secondary N) is 1. The van der Waals surface area contributed by atoms with Crippen LogP contribution in [0.3, 0.4) is 0 Å². The van der Waals surface area contributed by atoms with Crippen LogP contribution in [0, 0.1) is 0 Å². The van der Waals surface area contributed by atoms with Crippen molar-refractivity contribution in [2.45, 2.75) is 13.1 Å². The predicted octanol–water partition coefficient (Wildman–Crippen LogP) is 2.69. The molecule has 2 aromatic rings. The number of carboxylic acids is 1. The van der Waals surface area contributed by atoms with Crippen molar-refractivity contribution in [3.8, 4) is 0 Å². The average molecular weight is 268 g/mol. The second kappa shape index (κ2) is 6.83. The summed E-state index contributed by atoms with van der Waals surface area (Å²) in [6.45, 7) is 1.09. The Morgan fingerprint density at radius 1 is 1.17 bits per heavy atom. The van der Waals surface area contributed by atoms with E-state index >= 15 is 0 Å². The quantitative estimate of drug-likeness (QED) is 0.874. The van der Waals surface area contributed by atoms with E-state index in [1.54, 1.807) is 24.5 Å². The first-order valence-electron chi connectivity index (χ1n) is 5.31. The van der Waals surface area contributed by atoms with Crippen molar-refractivity contribution in [3.63, 3.8) is 0 Å². The summed E-state index contributed by atoms with van der Waals surface area (Å²) in [5, 5.41) is 12.1. The van der Waals surface area contributed by atoms with Gasteiger partial charge in [-0.3, -0.25) is 0 Å². The third-order valence-electron chi connectivity index (χ3n) is 2.44. The molecule has 0 saturated carbocycles. The third kappa shape index (κ3) is 3.61. The van der Waals surface area contributed by atoms with Gasteiger partial charge in [0.15, 0.2) is 0 Å². The van der Waals surface area contributed by atoms with Crippen LogP contribution in [-0.4, -0.2) is 11.1 Å². The number of carboxylic acid groups (broad SMARTS) is 1. The second-order valence-electron chi connectivity index (χ2n) is 3.65. The van der Waals surface area contributed by atoms with Gasteiger partial charge in [0.05, 0.1) is 18.4 Å². The molecule has 0 aliphatic rings. The van der Waals surface area contributed by atoms with E-state index in [4.69, 9.17) is 9.52 Å². The molecule has 0 spiro atoms. The Morgan fingerprint density at radius 3 is 2.61 bits per heavy atom. The summed E-state index contributed by atoms with van der Waals surface area (Å²) in [6, 6.07) is 10.7. The van der Waals surface area contributed by atoms with E-state index in [-0.39, 0.29) is 12.4 Å². The first kappa shape index (κ1) is 14.3. The highest BCUT2D eigenvalue weighted by molar-refractivity contribution is 5.89. The minimum atomic E-state index is -0.902. The van der Waals surface area contributed by atoms with E-state index in [9.17, 15) is 4.79 Å². The first-order valence-corrected chi connectivity index (χ1v) is 5.31. The smallest absolute Gasteiger partial charge is 0.336 e. The van der Waals surface area contributed by atoms with E-state index in [1.165, 1.54) is 0 Å². The molecule has 0 saturated heterocycles. The van der Waals surface area contributed by atoms with Crippen molar-refractivity contribution < 1.29 is 14.3 Å². The fourth-order valence-corrected chi connectivity index (χ4v) is 1.62. The molecule has 4 nitrogen and oxygen atoms in total. The van der Waals surface area contributed by atoms with Gasteiger partial charge in [-0.05, 0) is 23.8 Å². The summed E-state index contributed by atoms with van der Waals surface area (Å²) in [4.78, 5) is 11.0. The Labute approximate surface area is 111 Å². The molecule has 18 heavy (non-hydrogen) atoms. The Bertz CT molecular complexity index is 497. The van der Waals surface area contributed by atoms with Crippen LogP contribution >= 0.6 is 12.4 Å². The molecule has 2 rings (SSSR count). The standard InChI is InChI=1S/C13H13NO3.ClH/c15-13(16)12-6-2-1-4-10(12)8-14-9-11-5-3-7-17-11;/h1-7,14H,8-9H2,(H,15,16);1H. The second-order valence-corrected chi connectivity index (χ2v) is 3.65. The molecule has 0 atom stereocenters. The topological polar surface area (TPSA) is 62.5 Å². The van der Waals surface area contributed by atoms with Crippen LogP contribution in [0.1, 0.15) is 21.7 Å². The molecule has 0 fully saturated rings. The van der Waals surface area contributed by atoms with Crippen LogP contribution in [0.5, 0.6) is 0 Å². The molecule has 0 aliphatic heterocycles. The van der Waals surface area contributed by atoms with Crippen molar-refractivity contribution >= 4 is 18.4 Å². The number of hydrogen-bond donors (Lipinski definition) is 2. The lowest BCUT2D eigenvalue weighted by Gasteiger charge is -2.06. The minimum absolute atomic E-state index is 0.